The van der Waals surface area contributed by atoms with Crippen molar-refractivity contribution in [1.82, 2.24) is 5.32 Å². The first kappa shape index (κ1) is 16.2. The number of fused-ring (bicyclic) bond motifs is 1. The quantitative estimate of drug-likeness (QED) is 0.834. The summed E-state index contributed by atoms with van der Waals surface area (Å²) in [5, 5.41) is 5.59. The lowest BCUT2D eigenvalue weighted by atomic mass is 10.1. The van der Waals surface area contributed by atoms with Crippen molar-refractivity contribution in [2.45, 2.75) is 6.42 Å². The lowest BCUT2D eigenvalue weighted by Crippen LogP contribution is -2.27. The first-order valence-electron chi connectivity index (χ1n) is 8.59. The number of urea groups is 1. The molecule has 0 atom stereocenters. The van der Waals surface area contributed by atoms with Crippen molar-refractivity contribution in [3.63, 3.8) is 0 Å². The van der Waals surface area contributed by atoms with E-state index in [2.05, 4.69) is 10.6 Å². The van der Waals surface area contributed by atoms with Gasteiger partial charge in [-0.2, -0.15) is 0 Å². The van der Waals surface area contributed by atoms with Crippen molar-refractivity contribution in [2.24, 2.45) is 0 Å². The molecule has 2 aromatic carbocycles. The minimum absolute atomic E-state index is 0.0931. The first-order chi connectivity index (χ1) is 12.7. The van der Waals surface area contributed by atoms with Crippen LogP contribution in [-0.4, -0.2) is 31.6 Å². The second-order valence-electron chi connectivity index (χ2n) is 6.22. The molecule has 2 aliphatic heterocycles. The molecule has 0 bridgehead atoms. The number of anilines is 2. The van der Waals surface area contributed by atoms with Crippen LogP contribution >= 0.6 is 0 Å². The SMILES string of the molecule is O=C(/C=C/c1ccc2c(c1)CCO2)Nc1ccc(N2CCNC2=O)cc1. The van der Waals surface area contributed by atoms with Crippen molar-refractivity contribution in [1.29, 1.82) is 0 Å². The fourth-order valence-electron chi connectivity index (χ4n) is 3.11. The van der Waals surface area contributed by atoms with E-state index in [9.17, 15) is 9.59 Å². The summed E-state index contributed by atoms with van der Waals surface area (Å²) in [6.45, 7) is 2.02. The van der Waals surface area contributed by atoms with Crippen molar-refractivity contribution < 1.29 is 14.3 Å². The van der Waals surface area contributed by atoms with Gasteiger partial charge in [0.05, 0.1) is 6.61 Å². The minimum Gasteiger partial charge on any atom is -0.493 e. The Kier molecular flexibility index (Phi) is 4.31. The summed E-state index contributed by atoms with van der Waals surface area (Å²) in [7, 11) is 0. The maximum Gasteiger partial charge on any atom is 0.321 e. The number of ether oxygens (including phenoxy) is 1. The molecule has 2 N–H and O–H groups in total. The summed E-state index contributed by atoms with van der Waals surface area (Å²) in [5.41, 5.74) is 3.65. The van der Waals surface area contributed by atoms with Gasteiger partial charge in [-0.05, 0) is 53.6 Å². The fraction of sp³-hybridized carbons (Fsp3) is 0.200. The second kappa shape index (κ2) is 6.92. The molecular formula is C20H19N3O3. The Labute approximate surface area is 151 Å². The third kappa shape index (κ3) is 3.39. The number of benzene rings is 2. The van der Waals surface area contributed by atoms with E-state index >= 15 is 0 Å². The van der Waals surface area contributed by atoms with E-state index in [1.54, 1.807) is 23.1 Å². The van der Waals surface area contributed by atoms with Crippen LogP contribution in [-0.2, 0) is 11.2 Å². The van der Waals surface area contributed by atoms with Gasteiger partial charge < -0.3 is 15.4 Å². The summed E-state index contributed by atoms with van der Waals surface area (Å²) < 4.78 is 5.48. The van der Waals surface area contributed by atoms with E-state index in [1.807, 2.05) is 30.3 Å². The zero-order valence-electron chi connectivity index (χ0n) is 14.2. The van der Waals surface area contributed by atoms with Gasteiger partial charge in [-0.3, -0.25) is 9.69 Å². The molecule has 2 heterocycles. The fourth-order valence-corrected chi connectivity index (χ4v) is 3.11. The Hall–Kier alpha value is -3.28. The van der Waals surface area contributed by atoms with Gasteiger partial charge in [0.25, 0.3) is 0 Å². The smallest absolute Gasteiger partial charge is 0.321 e. The van der Waals surface area contributed by atoms with Gasteiger partial charge in [0.1, 0.15) is 5.75 Å². The van der Waals surface area contributed by atoms with E-state index < -0.39 is 0 Å². The summed E-state index contributed by atoms with van der Waals surface area (Å²) in [6.07, 6.45) is 4.21. The van der Waals surface area contributed by atoms with E-state index in [0.717, 1.165) is 30.0 Å². The monoisotopic (exact) mass is 349 g/mol. The normalized spacial score (nSPS) is 15.7. The number of carbonyl (C=O) groups excluding carboxylic acids is 2. The largest absolute Gasteiger partial charge is 0.493 e. The third-order valence-electron chi connectivity index (χ3n) is 4.44. The molecule has 26 heavy (non-hydrogen) atoms. The lowest BCUT2D eigenvalue weighted by molar-refractivity contribution is -0.111. The number of nitrogens with one attached hydrogen (secondary N) is 2. The van der Waals surface area contributed by atoms with Gasteiger partial charge in [-0.15, -0.1) is 0 Å². The average Bonchev–Trinajstić information content (AvgIpc) is 3.29. The minimum atomic E-state index is -0.201. The molecule has 4 rings (SSSR count). The average molecular weight is 349 g/mol. The highest BCUT2D eigenvalue weighted by Crippen LogP contribution is 2.26. The van der Waals surface area contributed by atoms with Crippen molar-refractivity contribution in [3.8, 4) is 5.75 Å². The van der Waals surface area contributed by atoms with Gasteiger partial charge in [-0.25, -0.2) is 4.79 Å². The van der Waals surface area contributed by atoms with Crippen LogP contribution in [0, 0.1) is 0 Å². The maximum absolute atomic E-state index is 12.1. The number of carbonyl (C=O) groups is 2. The molecule has 1 saturated heterocycles. The summed E-state index contributed by atoms with van der Waals surface area (Å²) >= 11 is 0. The number of rotatable bonds is 4. The molecule has 6 nitrogen and oxygen atoms in total. The van der Waals surface area contributed by atoms with Crippen LogP contribution in [0.3, 0.4) is 0 Å². The van der Waals surface area contributed by atoms with E-state index in [4.69, 9.17) is 4.74 Å². The Bertz CT molecular complexity index is 874. The van der Waals surface area contributed by atoms with Gasteiger partial charge in [0.2, 0.25) is 5.91 Å². The molecule has 2 aliphatic rings. The van der Waals surface area contributed by atoms with Gasteiger partial charge in [0.15, 0.2) is 0 Å². The lowest BCUT2D eigenvalue weighted by Gasteiger charge is -2.14. The van der Waals surface area contributed by atoms with Crippen LogP contribution < -0.4 is 20.3 Å². The molecule has 0 spiro atoms. The Morgan fingerprint density at radius 3 is 2.81 bits per heavy atom. The van der Waals surface area contributed by atoms with Crippen LogP contribution in [0.15, 0.2) is 48.5 Å². The molecule has 132 valence electrons. The van der Waals surface area contributed by atoms with E-state index in [1.165, 1.54) is 11.6 Å². The van der Waals surface area contributed by atoms with Crippen molar-refractivity contribution in [2.75, 3.05) is 29.9 Å². The van der Waals surface area contributed by atoms with E-state index in [0.29, 0.717) is 18.8 Å². The zero-order chi connectivity index (χ0) is 17.9. The first-order valence-corrected chi connectivity index (χ1v) is 8.59. The molecule has 6 heteroatoms. The van der Waals surface area contributed by atoms with Gasteiger partial charge in [-0.1, -0.05) is 6.07 Å². The van der Waals surface area contributed by atoms with Crippen molar-refractivity contribution >= 4 is 29.4 Å². The second-order valence-corrected chi connectivity index (χ2v) is 6.22. The van der Waals surface area contributed by atoms with Crippen LogP contribution in [0.2, 0.25) is 0 Å². The summed E-state index contributed by atoms with van der Waals surface area (Å²) in [6, 6.07) is 13.1. The van der Waals surface area contributed by atoms with Crippen LogP contribution in [0.5, 0.6) is 5.75 Å². The number of nitrogens with zero attached hydrogens (tertiary/aromatic N) is 1. The Morgan fingerprint density at radius 2 is 2.04 bits per heavy atom. The summed E-state index contributed by atoms with van der Waals surface area (Å²) in [4.78, 5) is 25.4. The standard InChI is InChI=1S/C20H19N3O3/c24-19(8-2-14-1-7-18-15(13-14)9-12-26-18)22-16-3-5-17(6-4-16)23-11-10-21-20(23)25/h1-8,13H,9-12H2,(H,21,25)(H,22,24)/b8-2+. The Balaban J connectivity index is 1.38. The number of hydrogen-bond acceptors (Lipinski definition) is 3. The van der Waals surface area contributed by atoms with Crippen LogP contribution in [0.1, 0.15) is 11.1 Å². The van der Waals surface area contributed by atoms with E-state index in [-0.39, 0.29) is 11.9 Å². The predicted octanol–water partition coefficient (Wildman–Crippen LogP) is 2.80. The number of hydrogen-bond donors (Lipinski definition) is 2. The topological polar surface area (TPSA) is 70.7 Å². The van der Waals surface area contributed by atoms with Gasteiger partial charge >= 0.3 is 6.03 Å². The highest BCUT2D eigenvalue weighted by molar-refractivity contribution is 6.02. The molecule has 0 radical (unpaired) electrons. The predicted molar refractivity (Wildman–Crippen MR) is 100 cm³/mol. The molecule has 0 saturated carbocycles. The maximum atomic E-state index is 12.1. The summed E-state index contributed by atoms with van der Waals surface area (Å²) in [5.74, 6) is 0.729. The highest BCUT2D eigenvalue weighted by atomic mass is 16.5. The highest BCUT2D eigenvalue weighted by Gasteiger charge is 2.20. The molecular weight excluding hydrogens is 330 g/mol. The van der Waals surface area contributed by atoms with Crippen molar-refractivity contribution in [3.05, 3.63) is 59.7 Å². The Morgan fingerprint density at radius 1 is 1.19 bits per heavy atom. The molecule has 3 amide bonds. The van der Waals surface area contributed by atoms with Crippen LogP contribution in [0.4, 0.5) is 16.2 Å². The third-order valence-corrected chi connectivity index (χ3v) is 4.44. The van der Waals surface area contributed by atoms with Crippen LogP contribution in [0.25, 0.3) is 6.08 Å². The molecule has 2 aromatic rings. The number of amides is 3. The molecule has 1 fully saturated rings. The molecule has 0 aromatic heterocycles. The molecule has 0 aliphatic carbocycles. The van der Waals surface area contributed by atoms with Gasteiger partial charge in [0, 0.05) is 37.0 Å². The molecule has 0 unspecified atom stereocenters. The zero-order valence-corrected chi connectivity index (χ0v) is 14.2.